The first-order valence-corrected chi connectivity index (χ1v) is 12.5. The lowest BCUT2D eigenvalue weighted by atomic mass is 10.0. The van der Waals surface area contributed by atoms with Gasteiger partial charge in [0.25, 0.3) is 10.0 Å². The van der Waals surface area contributed by atoms with Gasteiger partial charge in [-0.2, -0.15) is 0 Å². The molecule has 1 fully saturated rings. The van der Waals surface area contributed by atoms with Gasteiger partial charge in [-0.1, -0.05) is 36.4 Å². The van der Waals surface area contributed by atoms with Crippen LogP contribution in [-0.4, -0.2) is 46.7 Å². The molecule has 0 aromatic heterocycles. The summed E-state index contributed by atoms with van der Waals surface area (Å²) in [6.07, 6.45) is 1.50. The number of piperidine rings is 1. The number of ether oxygens (including phenoxy) is 2. The maximum absolute atomic E-state index is 13.8. The summed E-state index contributed by atoms with van der Waals surface area (Å²) in [4.78, 5) is 2.63. The highest BCUT2D eigenvalue weighted by Gasteiger charge is 2.34. The molecule has 33 heavy (non-hydrogen) atoms. The van der Waals surface area contributed by atoms with Crippen LogP contribution in [0.1, 0.15) is 18.4 Å². The third-order valence-corrected chi connectivity index (χ3v) is 7.96. The molecule has 1 saturated heterocycles. The molecule has 0 bridgehead atoms. The summed E-state index contributed by atoms with van der Waals surface area (Å²) in [6.45, 7) is 2.54. The van der Waals surface area contributed by atoms with Crippen molar-refractivity contribution in [3.63, 3.8) is 0 Å². The molecule has 1 aliphatic rings. The first kappa shape index (κ1) is 23.1. The van der Waals surface area contributed by atoms with Gasteiger partial charge in [0.15, 0.2) is 0 Å². The van der Waals surface area contributed by atoms with E-state index in [0.717, 1.165) is 32.5 Å². The zero-order chi connectivity index (χ0) is 23.3. The van der Waals surface area contributed by atoms with Gasteiger partial charge in [0.1, 0.15) is 11.5 Å². The molecule has 4 rings (SSSR count). The number of methoxy groups -OCH3 is 2. The second-order valence-corrected chi connectivity index (χ2v) is 9.99. The molecule has 7 heteroatoms. The van der Waals surface area contributed by atoms with Crippen molar-refractivity contribution in [2.24, 2.45) is 0 Å². The molecule has 1 aliphatic heterocycles. The van der Waals surface area contributed by atoms with Crippen molar-refractivity contribution >= 4 is 15.7 Å². The second kappa shape index (κ2) is 10.3. The Balaban J connectivity index is 1.60. The zero-order valence-corrected chi connectivity index (χ0v) is 19.9. The smallest absolute Gasteiger partial charge is 0.264 e. The highest BCUT2D eigenvalue weighted by molar-refractivity contribution is 7.92. The lowest BCUT2D eigenvalue weighted by Gasteiger charge is -2.39. The van der Waals surface area contributed by atoms with Crippen molar-refractivity contribution in [1.82, 2.24) is 4.90 Å². The monoisotopic (exact) mass is 466 g/mol. The molecule has 0 amide bonds. The number of benzene rings is 3. The minimum Gasteiger partial charge on any atom is -0.497 e. The van der Waals surface area contributed by atoms with E-state index in [1.807, 2.05) is 36.4 Å². The normalized spacial score (nSPS) is 15.2. The maximum atomic E-state index is 13.8. The Morgan fingerprint density at radius 1 is 0.848 bits per heavy atom. The van der Waals surface area contributed by atoms with Gasteiger partial charge in [0, 0.05) is 31.7 Å². The lowest BCUT2D eigenvalue weighted by molar-refractivity contribution is 0.206. The Labute approximate surface area is 196 Å². The van der Waals surface area contributed by atoms with E-state index in [1.54, 1.807) is 48.9 Å². The van der Waals surface area contributed by atoms with E-state index < -0.39 is 10.0 Å². The first-order valence-electron chi connectivity index (χ1n) is 11.1. The van der Waals surface area contributed by atoms with E-state index in [1.165, 1.54) is 5.56 Å². The molecule has 0 N–H and O–H groups in total. The van der Waals surface area contributed by atoms with Crippen LogP contribution in [0.4, 0.5) is 5.69 Å². The van der Waals surface area contributed by atoms with Gasteiger partial charge < -0.3 is 9.47 Å². The fourth-order valence-corrected chi connectivity index (χ4v) is 6.01. The third-order valence-electron chi connectivity index (χ3n) is 6.06. The summed E-state index contributed by atoms with van der Waals surface area (Å²) in [5.41, 5.74) is 1.89. The molecule has 3 aromatic rings. The average molecular weight is 467 g/mol. The van der Waals surface area contributed by atoms with Gasteiger partial charge in [-0.05, 0) is 54.8 Å². The van der Waals surface area contributed by atoms with Gasteiger partial charge in [-0.3, -0.25) is 9.21 Å². The van der Waals surface area contributed by atoms with E-state index in [4.69, 9.17) is 9.47 Å². The van der Waals surface area contributed by atoms with Crippen molar-refractivity contribution in [2.45, 2.75) is 30.3 Å². The fourth-order valence-electron chi connectivity index (χ4n) is 4.31. The first-order chi connectivity index (χ1) is 16.0. The quantitative estimate of drug-likeness (QED) is 0.487. The maximum Gasteiger partial charge on any atom is 0.264 e. The van der Waals surface area contributed by atoms with Gasteiger partial charge in [-0.25, -0.2) is 8.42 Å². The predicted octanol–water partition coefficient (Wildman–Crippen LogP) is 4.56. The lowest BCUT2D eigenvalue weighted by Crippen LogP contribution is -2.47. The number of rotatable bonds is 8. The van der Waals surface area contributed by atoms with Gasteiger partial charge in [0.2, 0.25) is 0 Å². The molecular formula is C26H30N2O4S. The standard InChI is InChI=1S/C26H30N2O4S/c1-31-24-11-13-26(14-12-24)33(29,30)28(23-9-6-10-25(19-23)32-2)22-15-17-27(18-16-22)20-21-7-4-3-5-8-21/h3-14,19,22H,15-18,20H2,1-2H3. The second-order valence-electron chi connectivity index (χ2n) is 8.17. The Morgan fingerprint density at radius 2 is 1.52 bits per heavy atom. The molecule has 3 aromatic carbocycles. The Kier molecular flexibility index (Phi) is 7.20. The molecule has 0 unspecified atom stereocenters. The van der Waals surface area contributed by atoms with Crippen molar-refractivity contribution in [3.8, 4) is 11.5 Å². The summed E-state index contributed by atoms with van der Waals surface area (Å²) >= 11 is 0. The van der Waals surface area contributed by atoms with E-state index in [9.17, 15) is 8.42 Å². The van der Waals surface area contributed by atoms with Crippen molar-refractivity contribution in [2.75, 3.05) is 31.6 Å². The molecule has 1 heterocycles. The summed E-state index contributed by atoms with van der Waals surface area (Å²) in [5, 5.41) is 0. The van der Waals surface area contributed by atoms with Gasteiger partial charge >= 0.3 is 0 Å². The van der Waals surface area contributed by atoms with Crippen LogP contribution in [0.15, 0.2) is 83.8 Å². The van der Waals surface area contributed by atoms with Gasteiger partial charge in [-0.15, -0.1) is 0 Å². The predicted molar refractivity (Wildman–Crippen MR) is 130 cm³/mol. The van der Waals surface area contributed by atoms with Crippen LogP contribution in [0.2, 0.25) is 0 Å². The minimum absolute atomic E-state index is 0.142. The Morgan fingerprint density at radius 3 is 2.15 bits per heavy atom. The SMILES string of the molecule is COc1ccc(S(=O)(=O)N(c2cccc(OC)c2)C2CCN(Cc3ccccc3)CC2)cc1. The average Bonchev–Trinajstić information content (AvgIpc) is 2.86. The molecule has 0 atom stereocenters. The number of sulfonamides is 1. The van der Waals surface area contributed by atoms with Crippen LogP contribution < -0.4 is 13.8 Å². The summed E-state index contributed by atoms with van der Waals surface area (Å²) in [5.74, 6) is 1.25. The molecule has 6 nitrogen and oxygen atoms in total. The molecular weight excluding hydrogens is 436 g/mol. The fraction of sp³-hybridized carbons (Fsp3) is 0.308. The van der Waals surface area contributed by atoms with Crippen LogP contribution in [0.25, 0.3) is 0 Å². The van der Waals surface area contributed by atoms with E-state index >= 15 is 0 Å². The van der Waals surface area contributed by atoms with Crippen LogP contribution in [0, 0.1) is 0 Å². The number of hydrogen-bond acceptors (Lipinski definition) is 5. The van der Waals surface area contributed by atoms with Crippen molar-refractivity contribution in [1.29, 1.82) is 0 Å². The van der Waals surface area contributed by atoms with Crippen molar-refractivity contribution in [3.05, 3.63) is 84.4 Å². The molecule has 0 aliphatic carbocycles. The minimum atomic E-state index is -3.78. The zero-order valence-electron chi connectivity index (χ0n) is 19.1. The highest BCUT2D eigenvalue weighted by atomic mass is 32.2. The third kappa shape index (κ3) is 5.31. The van der Waals surface area contributed by atoms with Crippen LogP contribution in [-0.2, 0) is 16.6 Å². The molecule has 0 saturated carbocycles. The van der Waals surface area contributed by atoms with E-state index in [0.29, 0.717) is 17.2 Å². The number of hydrogen-bond donors (Lipinski definition) is 0. The molecule has 174 valence electrons. The molecule has 0 spiro atoms. The van der Waals surface area contributed by atoms with Crippen LogP contribution in [0.5, 0.6) is 11.5 Å². The highest BCUT2D eigenvalue weighted by Crippen LogP contribution is 2.33. The summed E-state index contributed by atoms with van der Waals surface area (Å²) < 4.78 is 39.8. The summed E-state index contributed by atoms with van der Waals surface area (Å²) in [7, 11) is -0.625. The van der Waals surface area contributed by atoms with E-state index in [2.05, 4.69) is 17.0 Å². The Bertz CT molecular complexity index is 1140. The number of nitrogens with zero attached hydrogens (tertiary/aromatic N) is 2. The van der Waals surface area contributed by atoms with Gasteiger partial charge in [0.05, 0.1) is 24.8 Å². The Hall–Kier alpha value is -3.03. The largest absolute Gasteiger partial charge is 0.497 e. The molecule has 0 radical (unpaired) electrons. The van der Waals surface area contributed by atoms with Crippen molar-refractivity contribution < 1.29 is 17.9 Å². The topological polar surface area (TPSA) is 59.1 Å². The number of likely N-dealkylation sites (tertiary alicyclic amines) is 1. The van der Waals surface area contributed by atoms with Crippen LogP contribution in [0.3, 0.4) is 0 Å². The van der Waals surface area contributed by atoms with Crippen LogP contribution >= 0.6 is 0 Å². The summed E-state index contributed by atoms with van der Waals surface area (Å²) in [6, 6.07) is 24.1. The van der Waals surface area contributed by atoms with E-state index in [-0.39, 0.29) is 10.9 Å². The number of anilines is 1.